The highest BCUT2D eigenvalue weighted by atomic mass is 16.6. The Balaban J connectivity index is 2.30. The minimum Gasteiger partial charge on any atom is -0.444 e. The summed E-state index contributed by atoms with van der Waals surface area (Å²) in [6.45, 7) is 13.6. The van der Waals surface area contributed by atoms with Crippen LogP contribution < -0.4 is 5.32 Å². The van der Waals surface area contributed by atoms with E-state index in [1.807, 2.05) is 25.7 Å². The van der Waals surface area contributed by atoms with Gasteiger partial charge in [0.15, 0.2) is 0 Å². The van der Waals surface area contributed by atoms with Crippen LogP contribution in [0.25, 0.3) is 0 Å². The Labute approximate surface area is 141 Å². The van der Waals surface area contributed by atoms with Crippen LogP contribution in [-0.4, -0.2) is 54.5 Å². The van der Waals surface area contributed by atoms with Crippen molar-refractivity contribution in [2.24, 2.45) is 11.3 Å². The van der Waals surface area contributed by atoms with Crippen molar-refractivity contribution in [3.8, 4) is 0 Å². The first-order chi connectivity index (χ1) is 10.7. The van der Waals surface area contributed by atoms with Gasteiger partial charge in [-0.25, -0.2) is 4.79 Å². The molecule has 0 unspecified atom stereocenters. The molecule has 0 saturated carbocycles. The Kier molecular flexibility index (Phi) is 7.81. The largest absolute Gasteiger partial charge is 0.444 e. The van der Waals surface area contributed by atoms with E-state index in [2.05, 4.69) is 19.2 Å². The van der Waals surface area contributed by atoms with Crippen LogP contribution in [-0.2, 0) is 4.74 Å². The molecule has 1 heterocycles. The van der Waals surface area contributed by atoms with Crippen molar-refractivity contribution < 1.29 is 14.6 Å². The van der Waals surface area contributed by atoms with Crippen LogP contribution in [0.1, 0.15) is 60.3 Å². The molecule has 1 aliphatic rings. The summed E-state index contributed by atoms with van der Waals surface area (Å²) in [5.74, 6) is 0.596. The Morgan fingerprint density at radius 2 is 1.78 bits per heavy atom. The third-order valence-corrected chi connectivity index (χ3v) is 5.03. The number of carbonyl (C=O) groups is 1. The van der Waals surface area contributed by atoms with Gasteiger partial charge >= 0.3 is 6.09 Å². The molecule has 0 aromatic rings. The van der Waals surface area contributed by atoms with Gasteiger partial charge in [0.05, 0.1) is 0 Å². The van der Waals surface area contributed by atoms with E-state index in [1.54, 1.807) is 0 Å². The molecule has 0 bridgehead atoms. The molecule has 0 aliphatic carbocycles. The summed E-state index contributed by atoms with van der Waals surface area (Å²) < 4.78 is 5.43. The summed E-state index contributed by atoms with van der Waals surface area (Å²) >= 11 is 0. The standard InChI is InChI=1S/C18H36N2O3/c1-6-18(7-2,14-21)13-19-12-15-8-10-20(11-9-15)16(22)23-17(3,4)5/h15,19,21H,6-14H2,1-5H3. The molecule has 0 aromatic carbocycles. The Morgan fingerprint density at radius 1 is 1.22 bits per heavy atom. The number of piperidine rings is 1. The van der Waals surface area contributed by atoms with Gasteiger partial charge in [-0.2, -0.15) is 0 Å². The van der Waals surface area contributed by atoms with Gasteiger partial charge in [0.1, 0.15) is 5.60 Å². The molecular weight excluding hydrogens is 292 g/mol. The minimum atomic E-state index is -0.427. The number of amides is 1. The average molecular weight is 328 g/mol. The van der Waals surface area contributed by atoms with E-state index in [-0.39, 0.29) is 18.1 Å². The van der Waals surface area contributed by atoms with E-state index < -0.39 is 5.60 Å². The van der Waals surface area contributed by atoms with E-state index >= 15 is 0 Å². The first-order valence-electron chi connectivity index (χ1n) is 9.04. The molecule has 0 radical (unpaired) electrons. The number of ether oxygens (including phenoxy) is 1. The zero-order valence-electron chi connectivity index (χ0n) is 15.7. The fourth-order valence-corrected chi connectivity index (χ4v) is 2.97. The lowest BCUT2D eigenvalue weighted by atomic mass is 9.83. The molecule has 136 valence electrons. The molecule has 1 fully saturated rings. The first-order valence-corrected chi connectivity index (χ1v) is 9.04. The van der Waals surface area contributed by atoms with Crippen molar-refractivity contribution in [3.63, 3.8) is 0 Å². The summed E-state index contributed by atoms with van der Waals surface area (Å²) in [5, 5.41) is 13.1. The quantitative estimate of drug-likeness (QED) is 0.754. The van der Waals surface area contributed by atoms with Gasteiger partial charge < -0.3 is 20.1 Å². The normalized spacial score (nSPS) is 17.4. The number of nitrogens with one attached hydrogen (secondary N) is 1. The van der Waals surface area contributed by atoms with Crippen LogP contribution in [0.5, 0.6) is 0 Å². The van der Waals surface area contributed by atoms with Crippen molar-refractivity contribution >= 4 is 6.09 Å². The van der Waals surface area contributed by atoms with Crippen LogP contribution in [0.15, 0.2) is 0 Å². The Bertz CT molecular complexity index is 346. The lowest BCUT2D eigenvalue weighted by Gasteiger charge is -2.35. The van der Waals surface area contributed by atoms with Crippen LogP contribution >= 0.6 is 0 Å². The molecular formula is C18H36N2O3. The number of hydrogen-bond acceptors (Lipinski definition) is 4. The number of aliphatic hydroxyl groups is 1. The van der Waals surface area contributed by atoms with Crippen molar-refractivity contribution in [3.05, 3.63) is 0 Å². The summed E-state index contributed by atoms with van der Waals surface area (Å²) in [4.78, 5) is 13.9. The van der Waals surface area contributed by atoms with E-state index in [0.717, 1.165) is 51.9 Å². The maximum absolute atomic E-state index is 12.0. The van der Waals surface area contributed by atoms with Crippen LogP contribution in [0.3, 0.4) is 0 Å². The second kappa shape index (κ2) is 8.88. The van der Waals surface area contributed by atoms with Crippen molar-refractivity contribution in [2.45, 2.75) is 65.9 Å². The van der Waals surface area contributed by atoms with Gasteiger partial charge in [-0.3, -0.25) is 0 Å². The molecule has 0 spiro atoms. The highest BCUT2D eigenvalue weighted by Gasteiger charge is 2.28. The molecule has 1 rings (SSSR count). The molecule has 5 nitrogen and oxygen atoms in total. The number of rotatable bonds is 7. The number of hydrogen-bond donors (Lipinski definition) is 2. The Morgan fingerprint density at radius 3 is 2.22 bits per heavy atom. The third-order valence-electron chi connectivity index (χ3n) is 5.03. The smallest absolute Gasteiger partial charge is 0.410 e. The zero-order chi connectivity index (χ0) is 17.5. The number of aliphatic hydroxyl groups excluding tert-OH is 1. The van der Waals surface area contributed by atoms with Gasteiger partial charge in [-0.1, -0.05) is 13.8 Å². The topological polar surface area (TPSA) is 61.8 Å². The highest BCUT2D eigenvalue weighted by molar-refractivity contribution is 5.68. The number of nitrogens with zero attached hydrogens (tertiary/aromatic N) is 1. The number of likely N-dealkylation sites (tertiary alicyclic amines) is 1. The predicted octanol–water partition coefficient (Wildman–Crippen LogP) is 3.02. The van der Waals surface area contributed by atoms with E-state index in [9.17, 15) is 9.90 Å². The molecule has 2 N–H and O–H groups in total. The van der Waals surface area contributed by atoms with Gasteiger partial charge in [0.25, 0.3) is 0 Å². The van der Waals surface area contributed by atoms with Crippen LogP contribution in [0.4, 0.5) is 4.79 Å². The van der Waals surface area contributed by atoms with Gasteiger partial charge in [0, 0.05) is 31.7 Å². The van der Waals surface area contributed by atoms with Crippen molar-refractivity contribution in [2.75, 3.05) is 32.8 Å². The lowest BCUT2D eigenvalue weighted by molar-refractivity contribution is 0.0182. The van der Waals surface area contributed by atoms with Gasteiger partial charge in [-0.05, 0) is 58.9 Å². The maximum atomic E-state index is 12.0. The SMILES string of the molecule is CCC(CC)(CO)CNCC1CCN(C(=O)OC(C)(C)C)CC1. The van der Waals surface area contributed by atoms with E-state index in [0.29, 0.717) is 5.92 Å². The van der Waals surface area contributed by atoms with Crippen LogP contribution in [0, 0.1) is 11.3 Å². The van der Waals surface area contributed by atoms with E-state index in [4.69, 9.17) is 4.74 Å². The number of carbonyl (C=O) groups excluding carboxylic acids is 1. The maximum Gasteiger partial charge on any atom is 0.410 e. The summed E-state index contributed by atoms with van der Waals surface area (Å²) in [5.41, 5.74) is -0.416. The Hall–Kier alpha value is -0.810. The zero-order valence-corrected chi connectivity index (χ0v) is 15.7. The van der Waals surface area contributed by atoms with Crippen molar-refractivity contribution in [1.29, 1.82) is 0 Å². The minimum absolute atomic E-state index is 0.0111. The predicted molar refractivity (Wildman–Crippen MR) is 93.5 cm³/mol. The molecule has 1 saturated heterocycles. The molecule has 5 heteroatoms. The molecule has 1 aliphatic heterocycles. The van der Waals surface area contributed by atoms with Gasteiger partial charge in [-0.15, -0.1) is 0 Å². The second-order valence-electron chi connectivity index (χ2n) is 7.91. The molecule has 0 aromatic heterocycles. The van der Waals surface area contributed by atoms with E-state index in [1.165, 1.54) is 0 Å². The fourth-order valence-electron chi connectivity index (χ4n) is 2.97. The fraction of sp³-hybridized carbons (Fsp3) is 0.944. The summed E-state index contributed by atoms with van der Waals surface area (Å²) in [6, 6.07) is 0. The molecule has 0 atom stereocenters. The highest BCUT2D eigenvalue weighted by Crippen LogP contribution is 2.25. The average Bonchev–Trinajstić information content (AvgIpc) is 2.51. The monoisotopic (exact) mass is 328 g/mol. The summed E-state index contributed by atoms with van der Waals surface area (Å²) in [7, 11) is 0. The third kappa shape index (κ3) is 6.68. The molecule has 1 amide bonds. The van der Waals surface area contributed by atoms with Crippen LogP contribution in [0.2, 0.25) is 0 Å². The first kappa shape index (κ1) is 20.2. The summed E-state index contributed by atoms with van der Waals surface area (Å²) in [6.07, 6.45) is 3.81. The lowest BCUT2D eigenvalue weighted by Crippen LogP contribution is -2.44. The van der Waals surface area contributed by atoms with Crippen molar-refractivity contribution in [1.82, 2.24) is 10.2 Å². The van der Waals surface area contributed by atoms with Gasteiger partial charge in [0.2, 0.25) is 0 Å². The molecule has 23 heavy (non-hydrogen) atoms. The second-order valence-corrected chi connectivity index (χ2v) is 7.91.